The van der Waals surface area contributed by atoms with Crippen LogP contribution in [0.2, 0.25) is 0 Å². The number of nitrogens with one attached hydrogen (secondary N) is 2. The monoisotopic (exact) mass is 275 g/mol. The molecule has 0 aliphatic carbocycles. The molecule has 0 bridgehead atoms. The maximum atomic E-state index is 12.3. The van der Waals surface area contributed by atoms with Crippen LogP contribution in [0, 0.1) is 5.92 Å². The summed E-state index contributed by atoms with van der Waals surface area (Å²) in [4.78, 5) is 24.3. The summed E-state index contributed by atoms with van der Waals surface area (Å²) < 4.78 is 1.42. The first-order chi connectivity index (χ1) is 9.63. The van der Waals surface area contributed by atoms with E-state index in [1.807, 2.05) is 0 Å². The zero-order valence-corrected chi connectivity index (χ0v) is 12.0. The highest BCUT2D eigenvalue weighted by atomic mass is 16.2. The summed E-state index contributed by atoms with van der Waals surface area (Å²) >= 11 is 0. The lowest BCUT2D eigenvalue weighted by atomic mass is 10.1. The third-order valence-corrected chi connectivity index (χ3v) is 3.30. The summed E-state index contributed by atoms with van der Waals surface area (Å²) in [6.45, 7) is 6.48. The van der Waals surface area contributed by atoms with Gasteiger partial charge in [-0.3, -0.25) is 14.7 Å². The van der Waals surface area contributed by atoms with E-state index in [-0.39, 0.29) is 17.0 Å². The van der Waals surface area contributed by atoms with Crippen molar-refractivity contribution in [2.45, 2.75) is 26.8 Å². The molecule has 1 aromatic heterocycles. The molecule has 0 amide bonds. The van der Waals surface area contributed by atoms with Crippen molar-refractivity contribution in [1.82, 2.24) is 15.1 Å². The summed E-state index contributed by atoms with van der Waals surface area (Å²) in [6, 6.07) is 6.91. The number of fused-ring (bicyclic) bond motifs is 1. The van der Waals surface area contributed by atoms with Crippen molar-refractivity contribution in [3.8, 4) is 0 Å². The van der Waals surface area contributed by atoms with Gasteiger partial charge in [0.15, 0.2) is 0 Å². The fraction of sp³-hybridized carbons (Fsp3) is 0.467. The van der Waals surface area contributed by atoms with Gasteiger partial charge >= 0.3 is 0 Å². The van der Waals surface area contributed by atoms with Gasteiger partial charge in [0.25, 0.3) is 11.1 Å². The normalized spacial score (nSPS) is 12.7. The molecule has 0 aliphatic heterocycles. The number of hydrogen-bond acceptors (Lipinski definition) is 3. The Morgan fingerprint density at radius 3 is 2.65 bits per heavy atom. The molecule has 1 unspecified atom stereocenters. The average Bonchev–Trinajstić information content (AvgIpc) is 2.45. The van der Waals surface area contributed by atoms with E-state index in [2.05, 4.69) is 24.3 Å². The molecule has 5 heteroatoms. The highest BCUT2D eigenvalue weighted by Crippen LogP contribution is 2.03. The van der Waals surface area contributed by atoms with E-state index in [0.29, 0.717) is 17.3 Å². The highest BCUT2D eigenvalue weighted by Gasteiger charge is 2.09. The van der Waals surface area contributed by atoms with Gasteiger partial charge < -0.3 is 5.32 Å². The first-order valence-corrected chi connectivity index (χ1v) is 7.06. The van der Waals surface area contributed by atoms with Crippen LogP contribution in [-0.4, -0.2) is 22.9 Å². The Balaban J connectivity index is 2.25. The average molecular weight is 275 g/mol. The predicted octanol–water partition coefficient (Wildman–Crippen LogP) is 1.33. The number of H-pyrrole nitrogens is 1. The highest BCUT2D eigenvalue weighted by molar-refractivity contribution is 5.80. The molecular weight excluding hydrogens is 254 g/mol. The van der Waals surface area contributed by atoms with Crippen LogP contribution in [0.5, 0.6) is 0 Å². The van der Waals surface area contributed by atoms with Gasteiger partial charge in [0, 0.05) is 6.54 Å². The van der Waals surface area contributed by atoms with E-state index in [4.69, 9.17) is 0 Å². The van der Waals surface area contributed by atoms with Gasteiger partial charge in [0.1, 0.15) is 0 Å². The number of nitrogens with zero attached hydrogens (tertiary/aromatic N) is 1. The zero-order valence-electron chi connectivity index (χ0n) is 12.0. The molecule has 0 aliphatic rings. The number of aromatic nitrogens is 2. The van der Waals surface area contributed by atoms with Crippen molar-refractivity contribution in [1.29, 1.82) is 0 Å². The molecule has 2 aromatic rings. The van der Waals surface area contributed by atoms with Gasteiger partial charge in [-0.2, -0.15) is 0 Å². The molecule has 0 fully saturated rings. The van der Waals surface area contributed by atoms with E-state index in [0.717, 1.165) is 19.5 Å². The largest absolute Gasteiger partial charge is 0.316 e. The number of rotatable bonds is 6. The van der Waals surface area contributed by atoms with E-state index in [1.54, 1.807) is 24.3 Å². The Morgan fingerprint density at radius 1 is 1.25 bits per heavy atom. The molecule has 1 heterocycles. The molecule has 0 saturated heterocycles. The Hall–Kier alpha value is -1.88. The van der Waals surface area contributed by atoms with Crippen molar-refractivity contribution in [3.05, 3.63) is 45.0 Å². The molecule has 2 rings (SSSR count). The van der Waals surface area contributed by atoms with Crippen LogP contribution >= 0.6 is 0 Å². The molecule has 0 radical (unpaired) electrons. The lowest BCUT2D eigenvalue weighted by Gasteiger charge is -2.14. The van der Waals surface area contributed by atoms with E-state index in [1.165, 1.54) is 4.68 Å². The number of hydrogen-bond donors (Lipinski definition) is 2. The summed E-state index contributed by atoms with van der Waals surface area (Å²) in [5.41, 5.74) is -0.351. The summed E-state index contributed by atoms with van der Waals surface area (Å²) in [5.74, 6) is 0.274. The maximum absolute atomic E-state index is 12.3. The predicted molar refractivity (Wildman–Crippen MR) is 81.2 cm³/mol. The van der Waals surface area contributed by atoms with Gasteiger partial charge in [-0.15, -0.1) is 0 Å². The van der Waals surface area contributed by atoms with Crippen LogP contribution < -0.4 is 16.4 Å². The van der Waals surface area contributed by atoms with E-state index >= 15 is 0 Å². The zero-order chi connectivity index (χ0) is 14.5. The minimum absolute atomic E-state index is 0.137. The molecule has 0 saturated carbocycles. The fourth-order valence-corrected chi connectivity index (χ4v) is 2.28. The summed E-state index contributed by atoms with van der Waals surface area (Å²) in [7, 11) is 0. The second-order valence-electron chi connectivity index (χ2n) is 5.21. The minimum Gasteiger partial charge on any atom is -0.316 e. The Morgan fingerprint density at radius 2 is 1.95 bits per heavy atom. The molecule has 20 heavy (non-hydrogen) atoms. The first-order valence-electron chi connectivity index (χ1n) is 7.06. The first kappa shape index (κ1) is 14.5. The quantitative estimate of drug-likeness (QED) is 0.781. The lowest BCUT2D eigenvalue weighted by Crippen LogP contribution is -2.34. The van der Waals surface area contributed by atoms with E-state index < -0.39 is 0 Å². The summed E-state index contributed by atoms with van der Waals surface area (Å²) in [5, 5.41) is 6.91. The molecule has 108 valence electrons. The second kappa shape index (κ2) is 6.52. The second-order valence-corrected chi connectivity index (χ2v) is 5.21. The van der Waals surface area contributed by atoms with Crippen molar-refractivity contribution in [2.24, 2.45) is 5.92 Å². The Kier molecular flexibility index (Phi) is 4.74. The molecule has 5 nitrogen and oxygen atoms in total. The smallest absolute Gasteiger partial charge is 0.273 e. The molecule has 1 aromatic carbocycles. The molecular formula is C15H21N3O2. The Labute approximate surface area is 117 Å². The van der Waals surface area contributed by atoms with Gasteiger partial charge in [-0.1, -0.05) is 26.0 Å². The topological polar surface area (TPSA) is 66.9 Å². The molecule has 2 N–H and O–H groups in total. The SMILES string of the molecule is CCCNCC(C)Cn1[nH]c(=O)c2ccccc2c1=O. The van der Waals surface area contributed by atoms with Crippen molar-refractivity contribution in [3.63, 3.8) is 0 Å². The van der Waals surface area contributed by atoms with Crippen LogP contribution in [0.25, 0.3) is 10.8 Å². The van der Waals surface area contributed by atoms with Gasteiger partial charge in [-0.25, -0.2) is 4.68 Å². The van der Waals surface area contributed by atoms with Crippen LogP contribution in [0.3, 0.4) is 0 Å². The third kappa shape index (κ3) is 3.17. The third-order valence-electron chi connectivity index (χ3n) is 3.30. The number of aromatic amines is 1. The van der Waals surface area contributed by atoms with Gasteiger partial charge in [0.05, 0.1) is 10.8 Å². The van der Waals surface area contributed by atoms with Crippen LogP contribution in [-0.2, 0) is 6.54 Å². The Bertz CT molecular complexity index is 687. The maximum Gasteiger partial charge on any atom is 0.273 e. The van der Waals surface area contributed by atoms with Crippen LogP contribution in [0.4, 0.5) is 0 Å². The molecule has 0 spiro atoms. The van der Waals surface area contributed by atoms with Crippen LogP contribution in [0.1, 0.15) is 20.3 Å². The van der Waals surface area contributed by atoms with Gasteiger partial charge in [0.2, 0.25) is 0 Å². The summed E-state index contributed by atoms with van der Waals surface area (Å²) in [6.07, 6.45) is 1.08. The lowest BCUT2D eigenvalue weighted by molar-refractivity contribution is 0.410. The van der Waals surface area contributed by atoms with Gasteiger partial charge in [-0.05, 0) is 37.6 Å². The minimum atomic E-state index is -0.214. The number of benzene rings is 1. The molecule has 1 atom stereocenters. The van der Waals surface area contributed by atoms with Crippen molar-refractivity contribution < 1.29 is 0 Å². The van der Waals surface area contributed by atoms with Crippen LogP contribution in [0.15, 0.2) is 33.9 Å². The standard InChI is InChI=1S/C15H21N3O2/c1-3-8-16-9-11(2)10-18-15(20)13-7-5-4-6-12(13)14(19)17-18/h4-7,11,16H,3,8-10H2,1-2H3,(H,17,19). The van der Waals surface area contributed by atoms with E-state index in [9.17, 15) is 9.59 Å². The fourth-order valence-electron chi connectivity index (χ4n) is 2.28. The van der Waals surface area contributed by atoms with Crippen molar-refractivity contribution >= 4 is 10.8 Å². The van der Waals surface area contributed by atoms with Crippen molar-refractivity contribution in [2.75, 3.05) is 13.1 Å².